The molecule has 3 rings (SSSR count). The van der Waals surface area contributed by atoms with Gasteiger partial charge in [-0.25, -0.2) is 0 Å². The van der Waals surface area contributed by atoms with Crippen LogP contribution in [0.25, 0.3) is 0 Å². The Bertz CT molecular complexity index is 669. The Morgan fingerprint density at radius 2 is 2.28 bits per heavy atom. The fraction of sp³-hybridized carbons (Fsp3) is 0.500. The average Bonchev–Trinajstić information content (AvgIpc) is 3.15. The summed E-state index contributed by atoms with van der Waals surface area (Å²) < 4.78 is 11.2. The quantitative estimate of drug-likeness (QED) is 0.785. The minimum atomic E-state index is -0.624. The van der Waals surface area contributed by atoms with Gasteiger partial charge in [-0.05, 0) is 37.5 Å². The van der Waals surface area contributed by atoms with Crippen molar-refractivity contribution in [3.63, 3.8) is 0 Å². The first-order valence-corrected chi connectivity index (χ1v) is 8.58. The second-order valence-corrected chi connectivity index (χ2v) is 6.22. The zero-order valence-electron chi connectivity index (χ0n) is 14.2. The number of anilines is 1. The summed E-state index contributed by atoms with van der Waals surface area (Å²) in [5.41, 5.74) is 0.876. The maximum Gasteiger partial charge on any atom is 0.268 e. The molecule has 0 radical (unpaired) electrons. The van der Waals surface area contributed by atoms with Gasteiger partial charge < -0.3 is 14.8 Å². The van der Waals surface area contributed by atoms with Crippen LogP contribution in [0.3, 0.4) is 0 Å². The number of amides is 2. The standard InChI is InChI=1S/C18H22N2O5/c1-2-15-18(23)20(10-17(22)19-9-13-4-3-7-24-13)14-8-12(11-21)5-6-16(14)25-15/h5-6,8,11,13,15H,2-4,7,9-10H2,1H3,(H,19,22). The normalized spacial score (nSPS) is 22.3. The van der Waals surface area contributed by atoms with Crippen LogP contribution in [0.1, 0.15) is 36.5 Å². The number of fused-ring (bicyclic) bond motifs is 1. The largest absolute Gasteiger partial charge is 0.478 e. The smallest absolute Gasteiger partial charge is 0.268 e. The fourth-order valence-electron chi connectivity index (χ4n) is 3.07. The molecule has 1 aromatic carbocycles. The van der Waals surface area contributed by atoms with Crippen molar-refractivity contribution in [3.8, 4) is 5.75 Å². The molecule has 2 atom stereocenters. The van der Waals surface area contributed by atoms with E-state index in [4.69, 9.17) is 9.47 Å². The maximum atomic E-state index is 12.6. The van der Waals surface area contributed by atoms with E-state index in [9.17, 15) is 14.4 Å². The van der Waals surface area contributed by atoms with Gasteiger partial charge >= 0.3 is 0 Å². The molecule has 0 aliphatic carbocycles. The van der Waals surface area contributed by atoms with Gasteiger partial charge in [-0.3, -0.25) is 19.3 Å². The fourth-order valence-corrected chi connectivity index (χ4v) is 3.07. The number of nitrogens with zero attached hydrogens (tertiary/aromatic N) is 1. The first-order valence-electron chi connectivity index (χ1n) is 8.58. The molecule has 7 nitrogen and oxygen atoms in total. The Balaban J connectivity index is 1.74. The molecule has 0 bridgehead atoms. The van der Waals surface area contributed by atoms with Gasteiger partial charge in [0.15, 0.2) is 6.10 Å². The molecule has 2 aliphatic rings. The van der Waals surface area contributed by atoms with Gasteiger partial charge in [0.2, 0.25) is 5.91 Å². The Morgan fingerprint density at radius 1 is 1.44 bits per heavy atom. The highest BCUT2D eigenvalue weighted by Crippen LogP contribution is 2.35. The van der Waals surface area contributed by atoms with Crippen molar-refractivity contribution >= 4 is 23.8 Å². The summed E-state index contributed by atoms with van der Waals surface area (Å²) >= 11 is 0. The molecule has 25 heavy (non-hydrogen) atoms. The van der Waals surface area contributed by atoms with E-state index >= 15 is 0 Å². The maximum absolute atomic E-state index is 12.6. The van der Waals surface area contributed by atoms with Gasteiger partial charge in [-0.2, -0.15) is 0 Å². The van der Waals surface area contributed by atoms with Crippen LogP contribution in [0.4, 0.5) is 5.69 Å². The van der Waals surface area contributed by atoms with Gasteiger partial charge in [-0.1, -0.05) is 6.92 Å². The van der Waals surface area contributed by atoms with Gasteiger partial charge in [0.05, 0.1) is 11.8 Å². The van der Waals surface area contributed by atoms with Crippen LogP contribution in [-0.4, -0.2) is 50.0 Å². The van der Waals surface area contributed by atoms with Gasteiger partial charge in [0.25, 0.3) is 5.91 Å². The molecule has 1 saturated heterocycles. The minimum absolute atomic E-state index is 0.0432. The van der Waals surface area contributed by atoms with Crippen molar-refractivity contribution in [2.75, 3.05) is 24.6 Å². The average molecular weight is 346 g/mol. The molecular weight excluding hydrogens is 324 g/mol. The molecule has 0 saturated carbocycles. The third kappa shape index (κ3) is 3.82. The van der Waals surface area contributed by atoms with E-state index in [0.717, 1.165) is 19.4 Å². The molecule has 2 unspecified atom stereocenters. The van der Waals surface area contributed by atoms with Crippen molar-refractivity contribution < 1.29 is 23.9 Å². The number of hydrogen-bond acceptors (Lipinski definition) is 5. The molecule has 134 valence electrons. The number of carbonyl (C=O) groups excluding carboxylic acids is 3. The van der Waals surface area contributed by atoms with Crippen molar-refractivity contribution in [3.05, 3.63) is 23.8 Å². The lowest BCUT2D eigenvalue weighted by Gasteiger charge is -2.33. The van der Waals surface area contributed by atoms with Gasteiger partial charge in [0, 0.05) is 18.7 Å². The molecule has 1 fully saturated rings. The zero-order chi connectivity index (χ0) is 17.8. The van der Waals surface area contributed by atoms with E-state index in [0.29, 0.717) is 36.3 Å². The number of carbonyl (C=O) groups is 3. The molecule has 2 amide bonds. The molecular formula is C18H22N2O5. The molecule has 2 heterocycles. The number of nitrogens with one attached hydrogen (secondary N) is 1. The Hall–Kier alpha value is -2.41. The summed E-state index contributed by atoms with van der Waals surface area (Å²) in [5, 5.41) is 2.82. The van der Waals surface area contributed by atoms with Crippen molar-refractivity contribution in [2.45, 2.75) is 38.4 Å². The van der Waals surface area contributed by atoms with E-state index < -0.39 is 6.10 Å². The van der Waals surface area contributed by atoms with E-state index in [-0.39, 0.29) is 24.5 Å². The Kier molecular flexibility index (Phi) is 5.33. The summed E-state index contributed by atoms with van der Waals surface area (Å²) in [5.74, 6) is -0.0302. The Labute approximate surface area is 146 Å². The summed E-state index contributed by atoms with van der Waals surface area (Å²) in [6.07, 6.45) is 2.55. The van der Waals surface area contributed by atoms with Crippen LogP contribution in [0.2, 0.25) is 0 Å². The summed E-state index contributed by atoms with van der Waals surface area (Å²) in [6, 6.07) is 4.86. The highest BCUT2D eigenvalue weighted by atomic mass is 16.5. The molecule has 7 heteroatoms. The number of aldehydes is 1. The lowest BCUT2D eigenvalue weighted by Crippen LogP contribution is -2.50. The highest BCUT2D eigenvalue weighted by Gasteiger charge is 2.34. The third-order valence-electron chi connectivity index (χ3n) is 4.44. The summed E-state index contributed by atoms with van der Waals surface area (Å²) in [7, 11) is 0. The van der Waals surface area contributed by atoms with Crippen molar-refractivity contribution in [2.24, 2.45) is 0 Å². The van der Waals surface area contributed by atoms with Crippen molar-refractivity contribution in [1.29, 1.82) is 0 Å². The van der Waals surface area contributed by atoms with Crippen LogP contribution in [0.5, 0.6) is 5.75 Å². The second kappa shape index (κ2) is 7.65. The topological polar surface area (TPSA) is 84.9 Å². The first-order chi connectivity index (χ1) is 12.1. The number of ether oxygens (including phenoxy) is 2. The third-order valence-corrected chi connectivity index (χ3v) is 4.44. The SMILES string of the molecule is CCC1Oc2ccc(C=O)cc2N(CC(=O)NCC2CCCO2)C1=O. The van der Waals surface area contributed by atoms with Crippen LogP contribution in [0.15, 0.2) is 18.2 Å². The van der Waals surface area contributed by atoms with Crippen LogP contribution in [0, 0.1) is 0 Å². The van der Waals surface area contributed by atoms with Gasteiger partial charge in [-0.15, -0.1) is 0 Å². The summed E-state index contributed by atoms with van der Waals surface area (Å²) in [6.45, 7) is 2.90. The van der Waals surface area contributed by atoms with E-state index in [1.165, 1.54) is 4.90 Å². The van der Waals surface area contributed by atoms with Crippen LogP contribution < -0.4 is 15.0 Å². The number of hydrogen-bond donors (Lipinski definition) is 1. The minimum Gasteiger partial charge on any atom is -0.478 e. The first kappa shape index (κ1) is 17.4. The highest BCUT2D eigenvalue weighted by molar-refractivity contribution is 6.04. The van der Waals surface area contributed by atoms with E-state index in [1.807, 2.05) is 6.92 Å². The second-order valence-electron chi connectivity index (χ2n) is 6.22. The van der Waals surface area contributed by atoms with Crippen LogP contribution in [-0.2, 0) is 14.3 Å². The Morgan fingerprint density at radius 3 is 2.96 bits per heavy atom. The molecule has 0 aromatic heterocycles. The zero-order valence-corrected chi connectivity index (χ0v) is 14.2. The lowest BCUT2D eigenvalue weighted by atomic mass is 10.1. The molecule has 1 N–H and O–H groups in total. The molecule has 1 aromatic rings. The summed E-state index contributed by atoms with van der Waals surface area (Å²) in [4.78, 5) is 37.4. The van der Waals surface area contributed by atoms with Gasteiger partial charge in [0.1, 0.15) is 18.6 Å². The lowest BCUT2D eigenvalue weighted by molar-refractivity contribution is -0.129. The van der Waals surface area contributed by atoms with Crippen molar-refractivity contribution in [1.82, 2.24) is 5.32 Å². The number of benzene rings is 1. The monoisotopic (exact) mass is 346 g/mol. The number of rotatable bonds is 6. The predicted octanol–water partition coefficient (Wildman–Crippen LogP) is 1.30. The van der Waals surface area contributed by atoms with Crippen LogP contribution >= 0.6 is 0 Å². The molecule has 2 aliphatic heterocycles. The van der Waals surface area contributed by atoms with E-state index in [1.54, 1.807) is 18.2 Å². The molecule has 0 spiro atoms. The van der Waals surface area contributed by atoms with E-state index in [2.05, 4.69) is 5.32 Å². The predicted molar refractivity (Wildman–Crippen MR) is 90.9 cm³/mol.